The highest BCUT2D eigenvalue weighted by molar-refractivity contribution is 7.80. The minimum Gasteiger partial charge on any atom is -0.376 e. The second-order valence-corrected chi connectivity index (χ2v) is 3.79. The van der Waals surface area contributed by atoms with Crippen LogP contribution in [0.25, 0.3) is 0 Å². The number of hydrogen-bond acceptors (Lipinski definition) is 2. The molecule has 0 radical (unpaired) electrons. The zero-order chi connectivity index (χ0) is 10.3. The number of anilines is 1. The summed E-state index contributed by atoms with van der Waals surface area (Å²) in [7, 11) is 0. The molecule has 0 saturated heterocycles. The molecule has 0 unspecified atom stereocenters. The number of fused-ring (bicyclic) bond motifs is 1. The molecule has 2 N–H and O–H groups in total. The summed E-state index contributed by atoms with van der Waals surface area (Å²) < 4.78 is 0. The number of hydrogen-bond donors (Lipinski definition) is 1. The number of carbonyl (C=O) groups is 1. The number of nitrogens with zero attached hydrogens (tertiary/aromatic N) is 1. The third-order valence-electron chi connectivity index (χ3n) is 2.29. The third-order valence-corrected chi connectivity index (χ3v) is 2.48. The molecule has 0 spiro atoms. The van der Waals surface area contributed by atoms with Gasteiger partial charge >= 0.3 is 0 Å². The van der Waals surface area contributed by atoms with Gasteiger partial charge in [-0.05, 0) is 36.3 Å². The van der Waals surface area contributed by atoms with E-state index in [1.165, 1.54) is 4.90 Å². The van der Waals surface area contributed by atoms with Crippen LogP contribution in [-0.4, -0.2) is 11.0 Å². The second kappa shape index (κ2) is 3.06. The van der Waals surface area contributed by atoms with Crippen LogP contribution in [0.2, 0.25) is 0 Å². The second-order valence-electron chi connectivity index (χ2n) is 3.38. The Balaban J connectivity index is 2.55. The molecule has 0 bridgehead atoms. The number of thiocarbonyl (C=S) groups is 1. The summed E-state index contributed by atoms with van der Waals surface area (Å²) in [6.45, 7) is 1.97. The molecule has 0 atom stereocenters. The van der Waals surface area contributed by atoms with Crippen molar-refractivity contribution in [1.82, 2.24) is 0 Å². The van der Waals surface area contributed by atoms with E-state index >= 15 is 0 Å². The highest BCUT2D eigenvalue weighted by Gasteiger charge is 2.28. The van der Waals surface area contributed by atoms with Gasteiger partial charge in [0.05, 0.1) is 12.1 Å². The van der Waals surface area contributed by atoms with E-state index in [2.05, 4.69) is 0 Å². The van der Waals surface area contributed by atoms with Gasteiger partial charge in [0.25, 0.3) is 0 Å². The highest BCUT2D eigenvalue weighted by atomic mass is 32.1. The molecule has 2 rings (SSSR count). The third kappa shape index (κ3) is 1.28. The van der Waals surface area contributed by atoms with Crippen molar-refractivity contribution >= 4 is 28.9 Å². The molecule has 3 nitrogen and oxygen atoms in total. The van der Waals surface area contributed by atoms with Crippen molar-refractivity contribution in [3.8, 4) is 0 Å². The smallest absolute Gasteiger partial charge is 0.237 e. The Kier molecular flexibility index (Phi) is 2.00. The van der Waals surface area contributed by atoms with E-state index in [4.69, 9.17) is 18.0 Å². The van der Waals surface area contributed by atoms with Crippen LogP contribution < -0.4 is 10.6 Å². The maximum atomic E-state index is 11.5. The van der Waals surface area contributed by atoms with Crippen LogP contribution in [0.1, 0.15) is 11.1 Å². The molecule has 0 aliphatic carbocycles. The van der Waals surface area contributed by atoms with Gasteiger partial charge in [0.15, 0.2) is 5.11 Å². The van der Waals surface area contributed by atoms with Gasteiger partial charge in [-0.25, -0.2) is 0 Å². The minimum atomic E-state index is -0.0434. The van der Waals surface area contributed by atoms with Crippen LogP contribution in [0.5, 0.6) is 0 Å². The van der Waals surface area contributed by atoms with Gasteiger partial charge in [-0.3, -0.25) is 9.69 Å². The van der Waals surface area contributed by atoms with Crippen molar-refractivity contribution in [3.63, 3.8) is 0 Å². The number of amides is 1. The largest absolute Gasteiger partial charge is 0.376 e. The van der Waals surface area contributed by atoms with Crippen molar-refractivity contribution in [1.29, 1.82) is 0 Å². The summed E-state index contributed by atoms with van der Waals surface area (Å²) in [5, 5.41) is 0.124. The molecular weight excluding hydrogens is 196 g/mol. The summed E-state index contributed by atoms with van der Waals surface area (Å²) in [4.78, 5) is 12.9. The van der Waals surface area contributed by atoms with E-state index in [0.717, 1.165) is 16.8 Å². The maximum absolute atomic E-state index is 11.5. The van der Waals surface area contributed by atoms with E-state index in [9.17, 15) is 4.79 Å². The van der Waals surface area contributed by atoms with Gasteiger partial charge in [-0.2, -0.15) is 0 Å². The van der Waals surface area contributed by atoms with Gasteiger partial charge in [-0.15, -0.1) is 0 Å². The van der Waals surface area contributed by atoms with Crippen LogP contribution in [0, 0.1) is 6.92 Å². The van der Waals surface area contributed by atoms with Crippen molar-refractivity contribution in [3.05, 3.63) is 29.3 Å². The first-order valence-corrected chi connectivity index (χ1v) is 4.72. The van der Waals surface area contributed by atoms with Crippen molar-refractivity contribution in [2.24, 2.45) is 5.73 Å². The van der Waals surface area contributed by atoms with E-state index in [1.807, 2.05) is 25.1 Å². The molecule has 4 heteroatoms. The van der Waals surface area contributed by atoms with Gasteiger partial charge in [0.2, 0.25) is 5.91 Å². The Hall–Kier alpha value is -1.42. The first kappa shape index (κ1) is 9.15. The molecule has 14 heavy (non-hydrogen) atoms. The van der Waals surface area contributed by atoms with Crippen LogP contribution >= 0.6 is 12.2 Å². The van der Waals surface area contributed by atoms with Crippen molar-refractivity contribution < 1.29 is 4.79 Å². The fourth-order valence-corrected chi connectivity index (χ4v) is 1.85. The molecule has 1 aromatic carbocycles. The molecule has 1 aliphatic heterocycles. The molecule has 0 saturated carbocycles. The summed E-state index contributed by atoms with van der Waals surface area (Å²) in [5.41, 5.74) is 8.42. The lowest BCUT2D eigenvalue weighted by Gasteiger charge is -2.14. The maximum Gasteiger partial charge on any atom is 0.237 e. The van der Waals surface area contributed by atoms with E-state index in [0.29, 0.717) is 6.42 Å². The topological polar surface area (TPSA) is 46.3 Å². The lowest BCUT2D eigenvalue weighted by atomic mass is 10.1. The molecule has 1 aliphatic rings. The number of carbonyl (C=O) groups excluding carboxylic acids is 1. The van der Waals surface area contributed by atoms with E-state index in [1.54, 1.807) is 0 Å². The summed E-state index contributed by atoms with van der Waals surface area (Å²) in [6, 6.07) is 5.86. The fraction of sp³-hybridized carbons (Fsp3) is 0.200. The summed E-state index contributed by atoms with van der Waals surface area (Å²) in [6.07, 6.45) is 0.396. The number of benzene rings is 1. The Morgan fingerprint density at radius 2 is 2.29 bits per heavy atom. The molecule has 1 aromatic rings. The lowest BCUT2D eigenvalue weighted by molar-refractivity contribution is -0.116. The van der Waals surface area contributed by atoms with Crippen LogP contribution in [0.3, 0.4) is 0 Å². The van der Waals surface area contributed by atoms with Crippen LogP contribution in [0.15, 0.2) is 18.2 Å². The predicted molar refractivity (Wildman–Crippen MR) is 59.2 cm³/mol. The molecule has 1 heterocycles. The predicted octanol–water partition coefficient (Wildman–Crippen LogP) is 1.13. The Morgan fingerprint density at radius 1 is 1.57 bits per heavy atom. The van der Waals surface area contributed by atoms with E-state index in [-0.39, 0.29) is 11.0 Å². The molecular formula is C10H10N2OS. The molecule has 72 valence electrons. The normalized spacial score (nSPS) is 14.4. The zero-order valence-corrected chi connectivity index (χ0v) is 8.60. The van der Waals surface area contributed by atoms with Gasteiger partial charge in [-0.1, -0.05) is 12.1 Å². The first-order chi connectivity index (χ1) is 6.59. The first-order valence-electron chi connectivity index (χ1n) is 4.31. The van der Waals surface area contributed by atoms with Crippen LogP contribution in [0.4, 0.5) is 5.69 Å². The van der Waals surface area contributed by atoms with Gasteiger partial charge in [0.1, 0.15) is 0 Å². The zero-order valence-electron chi connectivity index (χ0n) is 7.78. The number of aryl methyl sites for hydroxylation is 1. The molecule has 1 amide bonds. The van der Waals surface area contributed by atoms with Gasteiger partial charge in [0, 0.05) is 0 Å². The van der Waals surface area contributed by atoms with Crippen molar-refractivity contribution in [2.45, 2.75) is 13.3 Å². The number of rotatable bonds is 0. The lowest BCUT2D eigenvalue weighted by Crippen LogP contribution is -2.37. The number of nitrogens with two attached hydrogens (primary N) is 1. The average Bonchev–Trinajstić information content (AvgIpc) is 2.40. The standard InChI is InChI=1S/C10H10N2OS/c1-6-2-3-7-5-9(13)12(10(11)14)8(7)4-6/h2-4H,5H2,1H3,(H2,11,14). The van der Waals surface area contributed by atoms with E-state index < -0.39 is 0 Å². The minimum absolute atomic E-state index is 0.0434. The highest BCUT2D eigenvalue weighted by Crippen LogP contribution is 2.29. The Labute approximate surface area is 87.5 Å². The Morgan fingerprint density at radius 3 is 2.93 bits per heavy atom. The summed E-state index contributed by atoms with van der Waals surface area (Å²) in [5.74, 6) is -0.0434. The quantitative estimate of drug-likeness (QED) is 0.647. The molecule has 0 aromatic heterocycles. The average molecular weight is 206 g/mol. The SMILES string of the molecule is Cc1ccc2c(c1)N(C(N)=S)C(=O)C2. The van der Waals surface area contributed by atoms with Crippen LogP contribution in [-0.2, 0) is 11.2 Å². The fourth-order valence-electron chi connectivity index (χ4n) is 1.65. The van der Waals surface area contributed by atoms with Crippen molar-refractivity contribution in [2.75, 3.05) is 4.90 Å². The summed E-state index contributed by atoms with van der Waals surface area (Å²) >= 11 is 4.83. The monoisotopic (exact) mass is 206 g/mol. The Bertz CT molecular complexity index is 428. The molecule has 0 fully saturated rings. The van der Waals surface area contributed by atoms with Gasteiger partial charge < -0.3 is 5.73 Å².